The second-order valence-electron chi connectivity index (χ2n) is 4.37. The number of aryl methyl sites for hydroxylation is 1. The molecule has 1 atom stereocenters. The first-order valence-corrected chi connectivity index (χ1v) is 5.73. The second kappa shape index (κ2) is 5.28. The summed E-state index contributed by atoms with van der Waals surface area (Å²) in [7, 11) is 1.95. The summed E-state index contributed by atoms with van der Waals surface area (Å²) in [6.45, 7) is 4.41. The Hall–Kier alpha value is -0.870. The third kappa shape index (κ3) is 3.32. The second-order valence-corrected chi connectivity index (χ2v) is 4.37. The topological polar surface area (TPSA) is 41.9 Å². The fourth-order valence-corrected chi connectivity index (χ4v) is 2.08. The zero-order valence-corrected chi connectivity index (χ0v) is 9.37. The van der Waals surface area contributed by atoms with E-state index in [1.54, 1.807) is 0 Å². The Morgan fingerprint density at radius 1 is 1.67 bits per heavy atom. The van der Waals surface area contributed by atoms with Crippen molar-refractivity contribution < 1.29 is 0 Å². The Balaban J connectivity index is 1.65. The summed E-state index contributed by atoms with van der Waals surface area (Å²) >= 11 is 0. The van der Waals surface area contributed by atoms with Gasteiger partial charge >= 0.3 is 0 Å². The quantitative estimate of drug-likeness (QED) is 0.757. The number of hydrogen-bond acceptors (Lipinski definition) is 3. The zero-order valence-electron chi connectivity index (χ0n) is 9.37. The molecule has 0 amide bonds. The van der Waals surface area contributed by atoms with Crippen molar-refractivity contribution >= 4 is 0 Å². The van der Waals surface area contributed by atoms with E-state index in [4.69, 9.17) is 0 Å². The Morgan fingerprint density at radius 2 is 2.60 bits per heavy atom. The molecule has 1 fully saturated rings. The summed E-state index contributed by atoms with van der Waals surface area (Å²) in [6.07, 6.45) is 6.66. The lowest BCUT2D eigenvalue weighted by molar-refractivity contribution is 0.360. The first kappa shape index (κ1) is 10.6. The molecule has 2 N–H and O–H groups in total. The van der Waals surface area contributed by atoms with E-state index in [9.17, 15) is 0 Å². The van der Waals surface area contributed by atoms with Crippen LogP contribution >= 0.6 is 0 Å². The van der Waals surface area contributed by atoms with Gasteiger partial charge < -0.3 is 10.6 Å². The van der Waals surface area contributed by atoms with Gasteiger partial charge in [0.25, 0.3) is 0 Å². The largest absolute Gasteiger partial charge is 0.316 e. The first-order valence-electron chi connectivity index (χ1n) is 5.73. The standard InChI is InChI=1S/C11H20N4/c1-15-9-11(8-14-15)7-13-6-10-3-2-4-12-5-10/h8-10,12-13H,2-7H2,1H3. The van der Waals surface area contributed by atoms with Gasteiger partial charge in [-0.1, -0.05) is 0 Å². The van der Waals surface area contributed by atoms with Crippen LogP contribution in [0, 0.1) is 5.92 Å². The summed E-state index contributed by atoms with van der Waals surface area (Å²) in [5, 5.41) is 11.1. The van der Waals surface area contributed by atoms with E-state index in [-0.39, 0.29) is 0 Å². The molecule has 84 valence electrons. The van der Waals surface area contributed by atoms with Gasteiger partial charge in [0.05, 0.1) is 6.20 Å². The van der Waals surface area contributed by atoms with Crippen LogP contribution in [0.2, 0.25) is 0 Å². The number of nitrogens with zero attached hydrogens (tertiary/aromatic N) is 2. The maximum atomic E-state index is 4.15. The summed E-state index contributed by atoms with van der Waals surface area (Å²) < 4.78 is 1.85. The van der Waals surface area contributed by atoms with Gasteiger partial charge in [-0.15, -0.1) is 0 Å². The average Bonchev–Trinajstić information content (AvgIpc) is 2.66. The summed E-state index contributed by atoms with van der Waals surface area (Å²) in [5.74, 6) is 0.801. The van der Waals surface area contributed by atoms with E-state index >= 15 is 0 Å². The van der Waals surface area contributed by atoms with E-state index in [2.05, 4.69) is 21.9 Å². The van der Waals surface area contributed by atoms with Gasteiger partial charge in [0.1, 0.15) is 0 Å². The van der Waals surface area contributed by atoms with Crippen LogP contribution in [0.5, 0.6) is 0 Å². The first-order chi connectivity index (χ1) is 7.34. The minimum atomic E-state index is 0.801. The number of aromatic nitrogens is 2. The van der Waals surface area contributed by atoms with Crippen molar-refractivity contribution in [3.05, 3.63) is 18.0 Å². The molecule has 1 unspecified atom stereocenters. The van der Waals surface area contributed by atoms with E-state index in [0.29, 0.717) is 0 Å². The van der Waals surface area contributed by atoms with Gasteiger partial charge in [-0.05, 0) is 38.4 Å². The molecule has 1 aromatic rings. The minimum Gasteiger partial charge on any atom is -0.316 e. The molecular formula is C11H20N4. The highest BCUT2D eigenvalue weighted by molar-refractivity contribution is 5.02. The lowest BCUT2D eigenvalue weighted by atomic mass is 10.00. The zero-order chi connectivity index (χ0) is 10.5. The van der Waals surface area contributed by atoms with Crippen LogP contribution in [0.3, 0.4) is 0 Å². The monoisotopic (exact) mass is 208 g/mol. The Morgan fingerprint density at radius 3 is 3.27 bits per heavy atom. The highest BCUT2D eigenvalue weighted by Crippen LogP contribution is 2.08. The summed E-state index contributed by atoms with van der Waals surface area (Å²) in [4.78, 5) is 0. The lowest BCUT2D eigenvalue weighted by Crippen LogP contribution is -2.35. The van der Waals surface area contributed by atoms with Crippen molar-refractivity contribution in [2.45, 2.75) is 19.4 Å². The molecule has 4 heteroatoms. The van der Waals surface area contributed by atoms with Gasteiger partial charge in [0.15, 0.2) is 0 Å². The van der Waals surface area contributed by atoms with Crippen LogP contribution in [-0.2, 0) is 13.6 Å². The number of nitrogens with one attached hydrogen (secondary N) is 2. The molecule has 0 spiro atoms. The number of piperidine rings is 1. The minimum absolute atomic E-state index is 0.801. The van der Waals surface area contributed by atoms with Crippen molar-refractivity contribution in [3.8, 4) is 0 Å². The van der Waals surface area contributed by atoms with Gasteiger partial charge in [0.2, 0.25) is 0 Å². The summed E-state index contributed by atoms with van der Waals surface area (Å²) in [6, 6.07) is 0. The van der Waals surface area contributed by atoms with Crippen LogP contribution in [0.1, 0.15) is 18.4 Å². The third-order valence-electron chi connectivity index (χ3n) is 2.92. The van der Waals surface area contributed by atoms with Gasteiger partial charge in [-0.2, -0.15) is 5.10 Å². The van der Waals surface area contributed by atoms with Crippen molar-refractivity contribution in [2.75, 3.05) is 19.6 Å². The maximum Gasteiger partial charge on any atom is 0.0534 e. The van der Waals surface area contributed by atoms with Crippen molar-refractivity contribution in [1.29, 1.82) is 0 Å². The number of hydrogen-bond donors (Lipinski definition) is 2. The fourth-order valence-electron chi connectivity index (χ4n) is 2.08. The van der Waals surface area contributed by atoms with Gasteiger partial charge in [-0.3, -0.25) is 4.68 Å². The Kier molecular flexibility index (Phi) is 3.75. The van der Waals surface area contributed by atoms with Crippen LogP contribution in [0.25, 0.3) is 0 Å². The van der Waals surface area contributed by atoms with Crippen LogP contribution in [-0.4, -0.2) is 29.4 Å². The molecule has 0 aliphatic carbocycles. The highest BCUT2D eigenvalue weighted by atomic mass is 15.2. The van der Waals surface area contributed by atoms with Crippen molar-refractivity contribution in [2.24, 2.45) is 13.0 Å². The smallest absolute Gasteiger partial charge is 0.0534 e. The van der Waals surface area contributed by atoms with Crippen LogP contribution in [0.4, 0.5) is 0 Å². The third-order valence-corrected chi connectivity index (χ3v) is 2.92. The molecule has 1 saturated heterocycles. The molecule has 0 saturated carbocycles. The molecule has 1 aliphatic rings. The average molecular weight is 208 g/mol. The fraction of sp³-hybridized carbons (Fsp3) is 0.727. The molecule has 0 bridgehead atoms. The van der Waals surface area contributed by atoms with Crippen LogP contribution < -0.4 is 10.6 Å². The molecule has 0 radical (unpaired) electrons. The van der Waals surface area contributed by atoms with E-state index in [0.717, 1.165) is 19.0 Å². The van der Waals surface area contributed by atoms with Crippen LogP contribution in [0.15, 0.2) is 12.4 Å². The number of rotatable bonds is 4. The van der Waals surface area contributed by atoms with Crippen molar-refractivity contribution in [3.63, 3.8) is 0 Å². The predicted molar refractivity (Wildman–Crippen MR) is 60.5 cm³/mol. The molecule has 15 heavy (non-hydrogen) atoms. The molecule has 2 heterocycles. The Bertz CT molecular complexity index is 289. The highest BCUT2D eigenvalue weighted by Gasteiger charge is 2.11. The molecule has 0 aromatic carbocycles. The SMILES string of the molecule is Cn1cc(CNCC2CCCNC2)cn1. The molecular weight excluding hydrogens is 188 g/mol. The van der Waals surface area contributed by atoms with E-state index < -0.39 is 0 Å². The molecule has 2 rings (SSSR count). The van der Waals surface area contributed by atoms with E-state index in [1.807, 2.05) is 17.9 Å². The Labute approximate surface area is 91.1 Å². The molecule has 1 aliphatic heterocycles. The molecule has 1 aromatic heterocycles. The normalized spacial score (nSPS) is 21.8. The van der Waals surface area contributed by atoms with Crippen molar-refractivity contribution in [1.82, 2.24) is 20.4 Å². The molecule has 4 nitrogen and oxygen atoms in total. The van der Waals surface area contributed by atoms with E-state index in [1.165, 1.54) is 31.5 Å². The predicted octanol–water partition coefficient (Wildman–Crippen LogP) is 0.509. The maximum absolute atomic E-state index is 4.15. The van der Waals surface area contributed by atoms with Gasteiger partial charge in [0, 0.05) is 25.4 Å². The summed E-state index contributed by atoms with van der Waals surface area (Å²) in [5.41, 5.74) is 1.27. The van der Waals surface area contributed by atoms with Gasteiger partial charge in [-0.25, -0.2) is 0 Å². The lowest BCUT2D eigenvalue weighted by Gasteiger charge is -2.22.